The van der Waals surface area contributed by atoms with Crippen molar-refractivity contribution in [2.24, 2.45) is 5.73 Å². The fourth-order valence-electron chi connectivity index (χ4n) is 4.53. The maximum absolute atomic E-state index is 12.5. The van der Waals surface area contributed by atoms with Gasteiger partial charge in [0.05, 0.1) is 17.1 Å². The molecule has 1 amide bonds. The average Bonchev–Trinajstić information content (AvgIpc) is 3.66. The molecule has 2 aliphatic rings. The molecule has 176 valence electrons. The molecule has 6 rings (SSSR count). The molecule has 0 spiro atoms. The van der Waals surface area contributed by atoms with Gasteiger partial charge in [-0.05, 0) is 47.9 Å². The Morgan fingerprint density at radius 1 is 1.26 bits per heavy atom. The molecule has 0 fully saturated rings. The van der Waals surface area contributed by atoms with Crippen molar-refractivity contribution in [1.82, 2.24) is 9.97 Å². The third-order valence-corrected chi connectivity index (χ3v) is 7.29. The topological polar surface area (TPSA) is 105 Å². The first-order chi connectivity index (χ1) is 17.1. The number of thiazole rings is 1. The van der Waals surface area contributed by atoms with Crippen molar-refractivity contribution in [2.45, 2.75) is 18.9 Å². The summed E-state index contributed by atoms with van der Waals surface area (Å²) in [5, 5.41) is 8.36. The standard InChI is InChI=1S/C27H25N5O2S/c28-18(10-17-13-29-23-6-2-1-5-20(17)23)14-30-27-31-15-25(35-27)16-7-8-24-21(11-16)22(26(33)32-24)12-19-4-3-9-34-19/h1-2,4-8,11-13,15,18,29H,3,9-10,14,28H2,(H,30,31)(H,32,33)/b22-12+/t18-/m0/s1. The number of anilines is 2. The van der Waals surface area contributed by atoms with Crippen LogP contribution in [0, 0.1) is 0 Å². The van der Waals surface area contributed by atoms with Crippen molar-refractivity contribution in [3.8, 4) is 10.4 Å². The fourth-order valence-corrected chi connectivity index (χ4v) is 5.35. The number of hydrogen-bond donors (Lipinski definition) is 4. The number of nitrogens with one attached hydrogen (secondary N) is 3. The van der Waals surface area contributed by atoms with E-state index < -0.39 is 0 Å². The van der Waals surface area contributed by atoms with Crippen molar-refractivity contribution in [3.05, 3.63) is 83.9 Å². The highest BCUT2D eigenvalue weighted by molar-refractivity contribution is 7.18. The molecule has 0 unspecified atom stereocenters. The molecule has 0 saturated carbocycles. The SMILES string of the molecule is N[C@H](CNc1ncc(-c2ccc3c(c2)/C(=C\C2=CCCO2)C(=O)N3)s1)Cc1c[nH]c2ccccc12. The molecule has 2 aromatic carbocycles. The minimum Gasteiger partial charge on any atom is -0.494 e. The lowest BCUT2D eigenvalue weighted by molar-refractivity contribution is -0.110. The van der Waals surface area contributed by atoms with Gasteiger partial charge in [-0.15, -0.1) is 0 Å². The number of nitrogens with two attached hydrogens (primary N) is 1. The Balaban J connectivity index is 1.14. The van der Waals surface area contributed by atoms with Crippen molar-refractivity contribution in [1.29, 1.82) is 0 Å². The first kappa shape index (κ1) is 21.6. The first-order valence-electron chi connectivity index (χ1n) is 11.6. The molecule has 35 heavy (non-hydrogen) atoms. The number of ether oxygens (including phenoxy) is 1. The van der Waals surface area contributed by atoms with Gasteiger partial charge in [-0.25, -0.2) is 4.98 Å². The number of hydrogen-bond acceptors (Lipinski definition) is 6. The number of para-hydroxylation sites is 1. The molecule has 2 aliphatic heterocycles. The van der Waals surface area contributed by atoms with Gasteiger partial charge in [0.15, 0.2) is 5.13 Å². The lowest BCUT2D eigenvalue weighted by Gasteiger charge is -2.11. The third-order valence-electron chi connectivity index (χ3n) is 6.28. The lowest BCUT2D eigenvalue weighted by Crippen LogP contribution is -2.31. The normalized spacial score (nSPS) is 16.8. The number of amides is 1. The maximum atomic E-state index is 12.5. The predicted octanol–water partition coefficient (Wildman–Crippen LogP) is 4.91. The highest BCUT2D eigenvalue weighted by Gasteiger charge is 2.25. The number of allylic oxidation sites excluding steroid dienone is 1. The number of aromatic amines is 1. The minimum atomic E-state index is -0.107. The zero-order valence-electron chi connectivity index (χ0n) is 19.0. The third kappa shape index (κ3) is 4.34. The van der Waals surface area contributed by atoms with E-state index in [1.807, 2.05) is 54.9 Å². The molecule has 1 atom stereocenters. The summed E-state index contributed by atoms with van der Waals surface area (Å²) in [4.78, 5) is 21.4. The van der Waals surface area contributed by atoms with Gasteiger partial charge in [0, 0.05) is 53.6 Å². The van der Waals surface area contributed by atoms with Crippen LogP contribution in [0.5, 0.6) is 0 Å². The Kier molecular flexibility index (Phi) is 5.60. The van der Waals surface area contributed by atoms with Crippen molar-refractivity contribution in [3.63, 3.8) is 0 Å². The van der Waals surface area contributed by atoms with Crippen molar-refractivity contribution in [2.75, 3.05) is 23.8 Å². The van der Waals surface area contributed by atoms with Crippen LogP contribution in [0.4, 0.5) is 10.8 Å². The average molecular weight is 484 g/mol. The van der Waals surface area contributed by atoms with Crippen LogP contribution in [0.3, 0.4) is 0 Å². The molecule has 7 nitrogen and oxygen atoms in total. The second kappa shape index (κ2) is 9.05. The summed E-state index contributed by atoms with van der Waals surface area (Å²) in [5.41, 5.74) is 12.1. The molecular weight excluding hydrogens is 458 g/mol. The number of nitrogens with zero attached hydrogens (tertiary/aromatic N) is 1. The smallest absolute Gasteiger partial charge is 0.256 e. The van der Waals surface area contributed by atoms with Crippen LogP contribution in [0.15, 0.2) is 72.8 Å². The van der Waals surface area contributed by atoms with E-state index in [1.165, 1.54) is 10.9 Å². The van der Waals surface area contributed by atoms with E-state index in [1.54, 1.807) is 11.3 Å². The quantitative estimate of drug-likeness (QED) is 0.280. The number of H-pyrrole nitrogens is 1. The number of rotatable bonds is 7. The Bertz CT molecular complexity index is 1480. The zero-order valence-corrected chi connectivity index (χ0v) is 19.8. The fraction of sp³-hybridized carbons (Fsp3) is 0.185. The first-order valence-corrected chi connectivity index (χ1v) is 12.5. The van der Waals surface area contributed by atoms with Crippen LogP contribution in [0.25, 0.3) is 26.9 Å². The van der Waals surface area contributed by atoms with E-state index in [9.17, 15) is 4.79 Å². The van der Waals surface area contributed by atoms with Gasteiger partial charge in [0.25, 0.3) is 5.91 Å². The predicted molar refractivity (Wildman–Crippen MR) is 141 cm³/mol. The molecule has 0 aliphatic carbocycles. The molecule has 4 aromatic rings. The molecular formula is C27H25N5O2S. The van der Waals surface area contributed by atoms with E-state index in [-0.39, 0.29) is 11.9 Å². The summed E-state index contributed by atoms with van der Waals surface area (Å²) in [6.07, 6.45) is 9.37. The van der Waals surface area contributed by atoms with E-state index in [0.29, 0.717) is 18.7 Å². The molecule has 0 radical (unpaired) electrons. The van der Waals surface area contributed by atoms with Gasteiger partial charge in [-0.1, -0.05) is 35.6 Å². The molecule has 8 heteroatoms. The summed E-state index contributed by atoms with van der Waals surface area (Å²) < 4.78 is 5.57. The summed E-state index contributed by atoms with van der Waals surface area (Å²) in [6.45, 7) is 1.28. The second-order valence-corrected chi connectivity index (χ2v) is 9.78. The summed E-state index contributed by atoms with van der Waals surface area (Å²) in [5.74, 6) is 0.644. The Morgan fingerprint density at radius 3 is 3.06 bits per heavy atom. The van der Waals surface area contributed by atoms with Crippen LogP contribution >= 0.6 is 11.3 Å². The molecule has 2 aromatic heterocycles. The Hall–Kier alpha value is -3.88. The molecule has 0 bridgehead atoms. The maximum Gasteiger partial charge on any atom is 0.256 e. The highest BCUT2D eigenvalue weighted by Crippen LogP contribution is 2.38. The van der Waals surface area contributed by atoms with E-state index in [0.717, 1.165) is 50.9 Å². The highest BCUT2D eigenvalue weighted by atomic mass is 32.1. The van der Waals surface area contributed by atoms with Gasteiger partial charge in [-0.2, -0.15) is 0 Å². The van der Waals surface area contributed by atoms with Crippen molar-refractivity contribution < 1.29 is 9.53 Å². The van der Waals surface area contributed by atoms with Crippen LogP contribution in [-0.4, -0.2) is 35.1 Å². The van der Waals surface area contributed by atoms with Crippen molar-refractivity contribution >= 4 is 44.5 Å². The number of fused-ring (bicyclic) bond motifs is 2. The summed E-state index contributed by atoms with van der Waals surface area (Å²) in [6, 6.07) is 14.2. The van der Waals surface area contributed by atoms with E-state index >= 15 is 0 Å². The summed E-state index contributed by atoms with van der Waals surface area (Å²) in [7, 11) is 0. The minimum absolute atomic E-state index is 0.0431. The van der Waals surface area contributed by atoms with Crippen LogP contribution in [0.2, 0.25) is 0 Å². The van der Waals surface area contributed by atoms with Gasteiger partial charge < -0.3 is 26.1 Å². The number of carbonyl (C=O) groups is 1. The van der Waals surface area contributed by atoms with Crippen LogP contribution < -0.4 is 16.4 Å². The lowest BCUT2D eigenvalue weighted by atomic mass is 10.0. The Morgan fingerprint density at radius 2 is 2.17 bits per heavy atom. The molecule has 4 heterocycles. The largest absolute Gasteiger partial charge is 0.494 e. The van der Waals surface area contributed by atoms with Gasteiger partial charge >= 0.3 is 0 Å². The zero-order chi connectivity index (χ0) is 23.8. The van der Waals surface area contributed by atoms with Gasteiger partial charge in [0.2, 0.25) is 0 Å². The van der Waals surface area contributed by atoms with E-state index in [4.69, 9.17) is 10.5 Å². The van der Waals surface area contributed by atoms with Gasteiger partial charge in [0.1, 0.15) is 5.76 Å². The Labute approximate surface area is 206 Å². The number of aromatic nitrogens is 2. The van der Waals surface area contributed by atoms with Crippen LogP contribution in [-0.2, 0) is 16.0 Å². The summed E-state index contributed by atoms with van der Waals surface area (Å²) >= 11 is 1.57. The monoisotopic (exact) mass is 483 g/mol. The molecule has 0 saturated heterocycles. The second-order valence-electron chi connectivity index (χ2n) is 8.75. The number of benzene rings is 2. The van der Waals surface area contributed by atoms with Crippen LogP contribution in [0.1, 0.15) is 17.5 Å². The van der Waals surface area contributed by atoms with E-state index in [2.05, 4.69) is 32.7 Å². The molecule has 5 N–H and O–H groups in total. The number of carbonyl (C=O) groups excluding carboxylic acids is 1. The van der Waals surface area contributed by atoms with Gasteiger partial charge in [-0.3, -0.25) is 4.79 Å².